The number of methoxy groups -OCH3 is 2. The van der Waals surface area contributed by atoms with Crippen LogP contribution in [0.15, 0.2) is 66.7 Å². The van der Waals surface area contributed by atoms with Crippen LogP contribution in [0.1, 0.15) is 33.5 Å². The second kappa shape index (κ2) is 15.0. The minimum atomic E-state index is -0.982. The first-order valence-electron chi connectivity index (χ1n) is 15.0. The number of amides is 2. The molecule has 2 aliphatic heterocycles. The number of aromatic carboxylic acids is 1. The number of ether oxygens (including phenoxy) is 4. The average Bonchev–Trinajstić information content (AvgIpc) is 3.40. The van der Waals surface area contributed by atoms with Crippen LogP contribution in [0.4, 0.5) is 0 Å². The Bertz CT molecular complexity index is 1510. The number of fused-ring (bicyclic) bond motifs is 5. The van der Waals surface area contributed by atoms with Crippen molar-refractivity contribution in [2.75, 3.05) is 47.0 Å². The zero-order valence-electron chi connectivity index (χ0n) is 25.6. The number of carbonyl (C=O) groups is 3. The highest BCUT2D eigenvalue weighted by atomic mass is 16.5. The normalized spacial score (nSPS) is 19.6. The third-order valence-electron chi connectivity index (χ3n) is 7.97. The lowest BCUT2D eigenvalue weighted by molar-refractivity contribution is -0.137. The van der Waals surface area contributed by atoms with Crippen LogP contribution in [-0.2, 0) is 38.6 Å². The van der Waals surface area contributed by atoms with E-state index in [-0.39, 0.29) is 55.6 Å². The summed E-state index contributed by atoms with van der Waals surface area (Å²) in [6.45, 7) is 2.28. The first-order chi connectivity index (χ1) is 21.8. The molecular weight excluding hydrogens is 578 g/mol. The smallest absolute Gasteiger partial charge is 0.335 e. The van der Waals surface area contributed by atoms with Crippen molar-refractivity contribution in [1.82, 2.24) is 15.1 Å². The van der Waals surface area contributed by atoms with E-state index in [0.29, 0.717) is 49.9 Å². The van der Waals surface area contributed by atoms with E-state index >= 15 is 0 Å². The highest BCUT2D eigenvalue weighted by Gasteiger charge is 2.35. The van der Waals surface area contributed by atoms with Crippen LogP contribution in [0.5, 0.6) is 17.2 Å². The summed E-state index contributed by atoms with van der Waals surface area (Å²) >= 11 is 0. The standard InChI is InChI=1S/C34H39N3O8/c1-42-14-13-37-21-32(38)35-28-19-36(18-24-5-3-7-26(15-24)34(40)41)20-31(28)44-22-25-6-4-8-27(16-25)45-30-17-23(10-12-33(37)39)9-11-29(30)43-2/h3-9,11,15-17,28,31H,10,12-14,18-22H2,1-2H3,(H,35,38)(H,40,41)/t28-,31-/m0/s1. The number of nitrogens with zero attached hydrogens (tertiary/aromatic N) is 2. The lowest BCUT2D eigenvalue weighted by atomic mass is 10.1. The van der Waals surface area contributed by atoms with E-state index in [2.05, 4.69) is 10.2 Å². The molecule has 2 N–H and O–H groups in total. The number of carboxylic acid groups (broad SMARTS) is 1. The minimum Gasteiger partial charge on any atom is -0.493 e. The highest BCUT2D eigenvalue weighted by Crippen LogP contribution is 2.33. The SMILES string of the molecule is COCCN1CC(=O)N[C@H]2CN(Cc3cccc(C(=O)O)c3)C[C@@H]2OCc2cccc(c2)Oc2cc(ccc2OC)CCC1=O. The Morgan fingerprint density at radius 2 is 1.84 bits per heavy atom. The van der Waals surface area contributed by atoms with Gasteiger partial charge < -0.3 is 34.3 Å². The highest BCUT2D eigenvalue weighted by molar-refractivity contribution is 5.87. The molecule has 2 amide bonds. The third-order valence-corrected chi connectivity index (χ3v) is 7.97. The number of nitrogens with one attached hydrogen (secondary N) is 1. The summed E-state index contributed by atoms with van der Waals surface area (Å²) in [7, 11) is 3.14. The molecular formula is C34H39N3O8. The lowest BCUT2D eigenvalue weighted by Gasteiger charge is -2.25. The van der Waals surface area contributed by atoms with Gasteiger partial charge in [0.2, 0.25) is 11.8 Å². The predicted molar refractivity (Wildman–Crippen MR) is 165 cm³/mol. The molecule has 0 aliphatic carbocycles. The fraction of sp³-hybridized carbons (Fsp3) is 0.382. The maximum atomic E-state index is 13.4. The number of carbonyl (C=O) groups excluding carboxylic acids is 2. The Labute approximate surface area is 262 Å². The molecule has 238 valence electrons. The van der Waals surface area contributed by atoms with E-state index in [9.17, 15) is 19.5 Å². The van der Waals surface area contributed by atoms with E-state index in [0.717, 1.165) is 16.7 Å². The molecule has 3 aromatic rings. The second-order valence-corrected chi connectivity index (χ2v) is 11.3. The molecule has 45 heavy (non-hydrogen) atoms. The first kappa shape index (κ1) is 32.0. The second-order valence-electron chi connectivity index (χ2n) is 11.3. The van der Waals surface area contributed by atoms with Gasteiger partial charge in [0.25, 0.3) is 0 Å². The van der Waals surface area contributed by atoms with Crippen molar-refractivity contribution < 1.29 is 38.4 Å². The summed E-state index contributed by atoms with van der Waals surface area (Å²) in [5.74, 6) is 0.304. The molecule has 0 aromatic heterocycles. The Morgan fingerprint density at radius 1 is 1.00 bits per heavy atom. The van der Waals surface area contributed by atoms with Crippen LogP contribution in [-0.4, -0.2) is 91.8 Å². The molecule has 0 unspecified atom stereocenters. The zero-order valence-corrected chi connectivity index (χ0v) is 25.6. The Kier molecular flexibility index (Phi) is 10.7. The van der Waals surface area contributed by atoms with Crippen molar-refractivity contribution in [3.8, 4) is 17.2 Å². The summed E-state index contributed by atoms with van der Waals surface area (Å²) in [6, 6.07) is 19.7. The van der Waals surface area contributed by atoms with Crippen LogP contribution in [0, 0.1) is 0 Å². The number of carboxylic acids is 1. The molecule has 0 radical (unpaired) electrons. The maximum absolute atomic E-state index is 13.4. The molecule has 4 bridgehead atoms. The molecule has 11 nitrogen and oxygen atoms in total. The van der Waals surface area contributed by atoms with Crippen molar-refractivity contribution in [3.63, 3.8) is 0 Å². The van der Waals surface area contributed by atoms with Gasteiger partial charge in [-0.1, -0.05) is 30.3 Å². The van der Waals surface area contributed by atoms with Crippen LogP contribution in [0.3, 0.4) is 0 Å². The fourth-order valence-corrected chi connectivity index (χ4v) is 5.66. The Hall–Kier alpha value is -4.45. The van der Waals surface area contributed by atoms with E-state index in [4.69, 9.17) is 18.9 Å². The van der Waals surface area contributed by atoms with Crippen molar-refractivity contribution in [2.24, 2.45) is 0 Å². The van der Waals surface area contributed by atoms with Crippen LogP contribution >= 0.6 is 0 Å². The topological polar surface area (TPSA) is 127 Å². The quantitative estimate of drug-likeness (QED) is 0.410. The van der Waals surface area contributed by atoms with Gasteiger partial charge in [0.1, 0.15) is 5.75 Å². The lowest BCUT2D eigenvalue weighted by Crippen LogP contribution is -2.49. The van der Waals surface area contributed by atoms with E-state index in [1.54, 1.807) is 32.4 Å². The molecule has 1 fully saturated rings. The molecule has 2 aliphatic rings. The number of rotatable bonds is 7. The molecule has 2 heterocycles. The fourth-order valence-electron chi connectivity index (χ4n) is 5.66. The monoisotopic (exact) mass is 617 g/mol. The van der Waals surface area contributed by atoms with Gasteiger partial charge in [0.05, 0.1) is 44.6 Å². The van der Waals surface area contributed by atoms with Crippen LogP contribution in [0.2, 0.25) is 0 Å². The summed E-state index contributed by atoms with van der Waals surface area (Å²) < 4.78 is 23.4. The third kappa shape index (κ3) is 8.59. The minimum absolute atomic E-state index is 0.106. The zero-order chi connectivity index (χ0) is 31.8. The molecule has 3 aromatic carbocycles. The number of benzene rings is 3. The van der Waals surface area contributed by atoms with Gasteiger partial charge in [0.15, 0.2) is 11.5 Å². The van der Waals surface area contributed by atoms with Gasteiger partial charge in [-0.15, -0.1) is 0 Å². The molecule has 0 spiro atoms. The van der Waals surface area contributed by atoms with E-state index in [1.807, 2.05) is 48.5 Å². The van der Waals surface area contributed by atoms with Gasteiger partial charge in [-0.2, -0.15) is 0 Å². The molecule has 11 heteroatoms. The van der Waals surface area contributed by atoms with Gasteiger partial charge in [-0.25, -0.2) is 4.79 Å². The number of hydrogen-bond acceptors (Lipinski definition) is 8. The summed E-state index contributed by atoms with van der Waals surface area (Å²) in [6.07, 6.45) is 0.317. The van der Waals surface area contributed by atoms with Crippen molar-refractivity contribution in [1.29, 1.82) is 0 Å². The van der Waals surface area contributed by atoms with E-state index < -0.39 is 5.97 Å². The molecule has 0 saturated carbocycles. The predicted octanol–water partition coefficient (Wildman–Crippen LogP) is 3.49. The Balaban J connectivity index is 1.40. The van der Waals surface area contributed by atoms with E-state index in [1.165, 1.54) is 4.90 Å². The molecule has 5 rings (SSSR count). The van der Waals surface area contributed by atoms with Crippen LogP contribution in [0.25, 0.3) is 0 Å². The number of likely N-dealkylation sites (tertiary alicyclic amines) is 1. The van der Waals surface area contributed by atoms with Crippen molar-refractivity contribution in [2.45, 2.75) is 38.1 Å². The first-order valence-corrected chi connectivity index (χ1v) is 15.0. The number of hydrogen-bond donors (Lipinski definition) is 2. The average molecular weight is 618 g/mol. The Morgan fingerprint density at radius 3 is 2.64 bits per heavy atom. The van der Waals surface area contributed by atoms with Gasteiger partial charge >= 0.3 is 5.97 Å². The summed E-state index contributed by atoms with van der Waals surface area (Å²) in [5.41, 5.74) is 2.88. The van der Waals surface area contributed by atoms with Gasteiger partial charge in [0, 0.05) is 39.7 Å². The molecule has 1 saturated heterocycles. The largest absolute Gasteiger partial charge is 0.493 e. The van der Waals surface area contributed by atoms with Crippen molar-refractivity contribution in [3.05, 3.63) is 89.0 Å². The van der Waals surface area contributed by atoms with Crippen LogP contribution < -0.4 is 14.8 Å². The van der Waals surface area contributed by atoms with Gasteiger partial charge in [-0.05, 0) is 59.5 Å². The maximum Gasteiger partial charge on any atom is 0.335 e. The van der Waals surface area contributed by atoms with Crippen molar-refractivity contribution >= 4 is 17.8 Å². The summed E-state index contributed by atoms with van der Waals surface area (Å²) in [5, 5.41) is 12.5. The number of aryl methyl sites for hydroxylation is 1. The summed E-state index contributed by atoms with van der Waals surface area (Å²) in [4.78, 5) is 41.8. The molecule has 2 atom stereocenters. The van der Waals surface area contributed by atoms with Gasteiger partial charge in [-0.3, -0.25) is 14.5 Å².